The van der Waals surface area contributed by atoms with E-state index in [9.17, 15) is 9.90 Å². The average Bonchev–Trinajstić information content (AvgIpc) is 2.72. The fourth-order valence-corrected chi connectivity index (χ4v) is 4.11. The minimum atomic E-state index is -0.655. The zero-order valence-electron chi connectivity index (χ0n) is 15.8. The van der Waals surface area contributed by atoms with E-state index in [1.165, 1.54) is 11.9 Å². The number of aromatic nitrogens is 1. The van der Waals surface area contributed by atoms with Crippen LogP contribution in [0.1, 0.15) is 30.1 Å². The molecule has 2 heterocycles. The van der Waals surface area contributed by atoms with E-state index in [-0.39, 0.29) is 5.91 Å². The van der Waals surface area contributed by atoms with E-state index in [1.807, 2.05) is 66.4 Å². The maximum absolute atomic E-state index is 12.7. The number of hydrogen-bond donors (Lipinski definition) is 2. The lowest BCUT2D eigenvalue weighted by atomic mass is 9.93. The second kappa shape index (κ2) is 7.81. The third-order valence-corrected chi connectivity index (χ3v) is 6.02. The average molecular weight is 394 g/mol. The zero-order valence-corrected chi connectivity index (χ0v) is 16.6. The zero-order chi connectivity index (χ0) is 19.6. The second-order valence-electron chi connectivity index (χ2n) is 7.40. The number of carbonyl (C=O) groups excluding carboxylic acids is 1. The summed E-state index contributed by atoms with van der Waals surface area (Å²) in [6.45, 7) is 3.02. The Hall–Kier alpha value is -2.57. The first kappa shape index (κ1) is 18.8. The van der Waals surface area contributed by atoms with Gasteiger partial charge in [0.05, 0.1) is 16.0 Å². The number of aliphatic hydroxyl groups is 1. The Morgan fingerprint density at radius 1 is 1.11 bits per heavy atom. The summed E-state index contributed by atoms with van der Waals surface area (Å²) in [5, 5.41) is 11.2. The van der Waals surface area contributed by atoms with Crippen molar-refractivity contribution in [2.75, 3.05) is 17.8 Å². The molecule has 5 nitrogen and oxygen atoms in total. The quantitative estimate of drug-likeness (QED) is 0.646. The number of amides is 1. The second-order valence-corrected chi connectivity index (χ2v) is 8.25. The Morgan fingerprint density at radius 3 is 2.57 bits per heavy atom. The topological polar surface area (TPSA) is 65.5 Å². The predicted octanol–water partition coefficient (Wildman–Crippen LogP) is 4.34. The molecule has 3 aromatic rings. The molecular formula is C22H23N3O2S. The van der Waals surface area contributed by atoms with Gasteiger partial charge in [0.25, 0.3) is 5.91 Å². The number of rotatable bonds is 4. The molecule has 0 bridgehead atoms. The number of fused-ring (bicyclic) bond motifs is 1. The van der Waals surface area contributed by atoms with Crippen LogP contribution >= 0.6 is 11.9 Å². The number of likely N-dealkylation sites (tertiary alicyclic amines) is 1. The molecule has 4 rings (SSSR count). The van der Waals surface area contributed by atoms with E-state index in [2.05, 4.69) is 9.71 Å². The molecule has 0 unspecified atom stereocenters. The van der Waals surface area contributed by atoms with Crippen molar-refractivity contribution >= 4 is 34.4 Å². The molecule has 0 spiro atoms. The van der Waals surface area contributed by atoms with E-state index in [4.69, 9.17) is 0 Å². The molecule has 28 heavy (non-hydrogen) atoms. The lowest BCUT2D eigenvalue weighted by molar-refractivity contribution is -0.00202. The number of benzene rings is 2. The number of nitrogens with one attached hydrogen (secondary N) is 1. The van der Waals surface area contributed by atoms with Gasteiger partial charge < -0.3 is 14.7 Å². The molecule has 2 N–H and O–H groups in total. The Labute approximate surface area is 168 Å². The summed E-state index contributed by atoms with van der Waals surface area (Å²) >= 11 is 1.51. The van der Waals surface area contributed by atoms with Crippen molar-refractivity contribution < 1.29 is 9.90 Å². The third kappa shape index (κ3) is 4.13. The smallest absolute Gasteiger partial charge is 0.253 e. The van der Waals surface area contributed by atoms with Gasteiger partial charge in [-0.05, 0) is 68.1 Å². The highest BCUT2D eigenvalue weighted by atomic mass is 32.2. The molecule has 2 aromatic carbocycles. The van der Waals surface area contributed by atoms with E-state index in [0.717, 1.165) is 21.5 Å². The maximum atomic E-state index is 12.7. The van der Waals surface area contributed by atoms with Crippen LogP contribution in [-0.2, 0) is 0 Å². The number of pyridine rings is 1. The minimum absolute atomic E-state index is 0.0213. The van der Waals surface area contributed by atoms with Gasteiger partial charge in [0.15, 0.2) is 0 Å². The van der Waals surface area contributed by atoms with Crippen molar-refractivity contribution in [3.8, 4) is 0 Å². The van der Waals surface area contributed by atoms with Gasteiger partial charge in [-0.25, -0.2) is 0 Å². The van der Waals surface area contributed by atoms with E-state index < -0.39 is 5.60 Å². The van der Waals surface area contributed by atoms with Crippen LogP contribution in [-0.4, -0.2) is 39.6 Å². The molecule has 1 aromatic heterocycles. The van der Waals surface area contributed by atoms with Gasteiger partial charge >= 0.3 is 0 Å². The summed E-state index contributed by atoms with van der Waals surface area (Å²) < 4.78 is 3.33. The molecule has 1 aliphatic rings. The summed E-state index contributed by atoms with van der Waals surface area (Å²) in [5.41, 5.74) is 1.91. The van der Waals surface area contributed by atoms with Crippen molar-refractivity contribution in [2.45, 2.75) is 30.3 Å². The summed E-state index contributed by atoms with van der Waals surface area (Å²) in [6, 6.07) is 17.6. The highest BCUT2D eigenvalue weighted by molar-refractivity contribution is 8.00. The summed E-state index contributed by atoms with van der Waals surface area (Å²) in [4.78, 5) is 20.0. The van der Waals surface area contributed by atoms with E-state index >= 15 is 0 Å². The van der Waals surface area contributed by atoms with Crippen LogP contribution in [0, 0.1) is 0 Å². The molecule has 1 saturated heterocycles. The monoisotopic (exact) mass is 393 g/mol. The number of piperidine rings is 1. The van der Waals surface area contributed by atoms with Crippen LogP contribution in [0.5, 0.6) is 0 Å². The normalized spacial score (nSPS) is 16.1. The van der Waals surface area contributed by atoms with E-state index in [0.29, 0.717) is 31.5 Å². The van der Waals surface area contributed by atoms with Crippen LogP contribution in [0.2, 0.25) is 0 Å². The third-order valence-electron chi connectivity index (χ3n) is 5.13. The lowest BCUT2D eigenvalue weighted by Crippen LogP contribution is -2.45. The summed E-state index contributed by atoms with van der Waals surface area (Å²) in [5.74, 6) is 0.0213. The fourth-order valence-electron chi connectivity index (χ4n) is 3.33. The Balaban J connectivity index is 1.40. The molecular weight excluding hydrogens is 370 g/mol. The van der Waals surface area contributed by atoms with Crippen molar-refractivity contribution in [2.24, 2.45) is 0 Å². The largest absolute Gasteiger partial charge is 0.390 e. The van der Waals surface area contributed by atoms with Gasteiger partial charge in [0.2, 0.25) is 0 Å². The molecule has 1 amide bonds. The molecule has 1 aliphatic heterocycles. The van der Waals surface area contributed by atoms with Crippen molar-refractivity contribution in [1.29, 1.82) is 0 Å². The van der Waals surface area contributed by atoms with Crippen LogP contribution in [0.4, 0.5) is 5.69 Å². The van der Waals surface area contributed by atoms with Gasteiger partial charge in [-0.15, -0.1) is 0 Å². The Morgan fingerprint density at radius 2 is 1.82 bits per heavy atom. The highest BCUT2D eigenvalue weighted by Gasteiger charge is 2.29. The van der Waals surface area contributed by atoms with Gasteiger partial charge in [-0.2, -0.15) is 0 Å². The lowest BCUT2D eigenvalue weighted by Gasteiger charge is -2.35. The van der Waals surface area contributed by atoms with Crippen LogP contribution in [0.3, 0.4) is 0 Å². The first-order chi connectivity index (χ1) is 13.5. The molecule has 1 fully saturated rings. The standard InChI is InChI=1S/C22H23N3O2S/c1-22(27)11-14-25(15-12-22)21(26)17-7-9-18(10-8-17)24-28-19-6-2-4-16-5-3-13-23-20(16)19/h2-10,13,24,27H,11-12,14-15H2,1H3. The first-order valence-corrected chi connectivity index (χ1v) is 10.2. The predicted molar refractivity (Wildman–Crippen MR) is 113 cm³/mol. The molecule has 0 saturated carbocycles. The van der Waals surface area contributed by atoms with Crippen molar-refractivity contribution in [3.05, 3.63) is 66.4 Å². The van der Waals surface area contributed by atoms with Gasteiger partial charge in [0.1, 0.15) is 0 Å². The molecule has 0 aliphatic carbocycles. The number of para-hydroxylation sites is 1. The molecule has 144 valence electrons. The van der Waals surface area contributed by atoms with Crippen molar-refractivity contribution in [3.63, 3.8) is 0 Å². The Kier molecular flexibility index (Phi) is 5.24. The number of carbonyl (C=O) groups is 1. The van der Waals surface area contributed by atoms with Crippen LogP contribution in [0.15, 0.2) is 65.7 Å². The number of anilines is 1. The van der Waals surface area contributed by atoms with Gasteiger partial charge in [0, 0.05) is 35.9 Å². The number of nitrogens with zero attached hydrogens (tertiary/aromatic N) is 2. The molecule has 0 atom stereocenters. The van der Waals surface area contributed by atoms with Crippen molar-refractivity contribution in [1.82, 2.24) is 9.88 Å². The van der Waals surface area contributed by atoms with E-state index in [1.54, 1.807) is 6.20 Å². The minimum Gasteiger partial charge on any atom is -0.390 e. The maximum Gasteiger partial charge on any atom is 0.253 e. The highest BCUT2D eigenvalue weighted by Crippen LogP contribution is 2.28. The van der Waals surface area contributed by atoms with Gasteiger partial charge in [-0.1, -0.05) is 18.2 Å². The SMILES string of the molecule is CC1(O)CCN(C(=O)c2ccc(NSc3cccc4cccnc34)cc2)CC1. The first-order valence-electron chi connectivity index (χ1n) is 9.40. The fraction of sp³-hybridized carbons (Fsp3) is 0.273. The molecule has 0 radical (unpaired) electrons. The molecule has 6 heteroatoms. The van der Waals surface area contributed by atoms with Crippen LogP contribution < -0.4 is 4.72 Å². The number of hydrogen-bond acceptors (Lipinski definition) is 5. The summed E-state index contributed by atoms with van der Waals surface area (Å²) in [6.07, 6.45) is 3.04. The van der Waals surface area contributed by atoms with Crippen LogP contribution in [0.25, 0.3) is 10.9 Å². The van der Waals surface area contributed by atoms with Gasteiger partial charge in [-0.3, -0.25) is 9.78 Å². The Bertz CT molecular complexity index is 973. The summed E-state index contributed by atoms with van der Waals surface area (Å²) in [7, 11) is 0.